The average Bonchev–Trinajstić information content (AvgIpc) is 2.91. The van der Waals surface area contributed by atoms with E-state index in [9.17, 15) is 39.9 Å². The fourth-order valence-corrected chi connectivity index (χ4v) is 6.13. The Bertz CT molecular complexity index is 1410. The number of aromatic hydroxyl groups is 3. The van der Waals surface area contributed by atoms with Crippen LogP contribution in [0.3, 0.4) is 0 Å². The molecule has 12 heteroatoms. The normalized spacial score (nSPS) is 31.2. The van der Waals surface area contributed by atoms with E-state index in [0.29, 0.717) is 0 Å². The molecule has 2 aromatic carbocycles. The van der Waals surface area contributed by atoms with E-state index in [1.54, 1.807) is 13.8 Å². The largest absolute Gasteiger partial charge is 0.507 e. The van der Waals surface area contributed by atoms with Crippen molar-refractivity contribution in [2.75, 3.05) is 7.11 Å². The summed E-state index contributed by atoms with van der Waals surface area (Å²) in [7, 11) is 1.09. The molecule has 0 spiro atoms. The lowest BCUT2D eigenvalue weighted by Gasteiger charge is -2.45. The van der Waals surface area contributed by atoms with Gasteiger partial charge in [0, 0.05) is 35.6 Å². The molecule has 7 N–H and O–H groups in total. The van der Waals surface area contributed by atoms with Crippen molar-refractivity contribution in [3.05, 3.63) is 51.6 Å². The molecule has 5 rings (SSSR count). The molecule has 1 aliphatic heterocycles. The van der Waals surface area contributed by atoms with Crippen molar-refractivity contribution < 1.29 is 54.1 Å². The van der Waals surface area contributed by atoms with Crippen molar-refractivity contribution in [3.63, 3.8) is 0 Å². The minimum absolute atomic E-state index is 0.0207. The summed E-state index contributed by atoms with van der Waals surface area (Å²) in [5, 5.41) is 55.4. The molecule has 0 aromatic heterocycles. The van der Waals surface area contributed by atoms with E-state index >= 15 is 0 Å². The highest BCUT2D eigenvalue weighted by Crippen LogP contribution is 2.57. The number of carbonyl (C=O) groups excluding carboxylic acids is 3. The number of benzene rings is 2. The number of phenolic OH excluding ortho intramolecular Hbond substituents is 3. The summed E-state index contributed by atoms with van der Waals surface area (Å²) < 4.78 is 16.8. The van der Waals surface area contributed by atoms with Crippen LogP contribution < -0.4 is 5.73 Å². The van der Waals surface area contributed by atoms with E-state index in [-0.39, 0.29) is 41.5 Å². The van der Waals surface area contributed by atoms with Crippen LogP contribution in [0.4, 0.5) is 0 Å². The van der Waals surface area contributed by atoms with Gasteiger partial charge in [-0.2, -0.15) is 0 Å². The highest BCUT2D eigenvalue weighted by Gasteiger charge is 2.54. The maximum absolute atomic E-state index is 13.6. The average molecular weight is 558 g/mol. The zero-order chi connectivity index (χ0) is 29.3. The van der Waals surface area contributed by atoms with Gasteiger partial charge in [0.2, 0.25) is 5.78 Å². The number of nitrogens with two attached hydrogens (primary N) is 1. The molecule has 1 unspecified atom stereocenters. The van der Waals surface area contributed by atoms with Gasteiger partial charge >= 0.3 is 5.97 Å². The minimum atomic E-state index is -1.87. The van der Waals surface area contributed by atoms with Crippen molar-refractivity contribution in [2.24, 2.45) is 5.73 Å². The summed E-state index contributed by atoms with van der Waals surface area (Å²) in [5.74, 6) is -6.33. The molecule has 0 bridgehead atoms. The fourth-order valence-electron chi connectivity index (χ4n) is 6.13. The van der Waals surface area contributed by atoms with Crippen LogP contribution in [0.15, 0.2) is 18.2 Å². The van der Waals surface area contributed by atoms with Crippen molar-refractivity contribution in [1.29, 1.82) is 0 Å². The van der Waals surface area contributed by atoms with Crippen LogP contribution >= 0.6 is 0 Å². The fraction of sp³-hybridized carbons (Fsp3) is 0.464. The number of carbonyl (C=O) groups is 3. The Morgan fingerprint density at radius 1 is 1.10 bits per heavy atom. The van der Waals surface area contributed by atoms with Gasteiger partial charge in [0.05, 0.1) is 47.7 Å². The van der Waals surface area contributed by atoms with Crippen LogP contribution in [0.25, 0.3) is 0 Å². The molecule has 1 fully saturated rings. The lowest BCUT2D eigenvalue weighted by molar-refractivity contribution is -0.249. The predicted molar refractivity (Wildman–Crippen MR) is 136 cm³/mol. The number of hydrogen-bond donors (Lipinski definition) is 6. The van der Waals surface area contributed by atoms with E-state index in [0.717, 1.165) is 7.11 Å². The first-order valence-corrected chi connectivity index (χ1v) is 12.9. The van der Waals surface area contributed by atoms with Gasteiger partial charge in [-0.15, -0.1) is 0 Å². The molecular weight excluding hydrogens is 526 g/mol. The van der Waals surface area contributed by atoms with Gasteiger partial charge in [-0.3, -0.25) is 14.4 Å². The minimum Gasteiger partial charge on any atom is -0.507 e. The van der Waals surface area contributed by atoms with Crippen LogP contribution in [0, 0.1) is 0 Å². The third-order valence-electron chi connectivity index (χ3n) is 8.29. The quantitative estimate of drug-likeness (QED) is 0.198. The molecule has 214 valence electrons. The first-order valence-electron chi connectivity index (χ1n) is 12.9. The number of rotatable bonds is 4. The third kappa shape index (κ3) is 3.98. The smallest absolute Gasteiger partial charge is 0.316 e. The van der Waals surface area contributed by atoms with E-state index in [1.165, 1.54) is 18.2 Å². The van der Waals surface area contributed by atoms with E-state index < -0.39 is 88.1 Å². The van der Waals surface area contributed by atoms with Crippen LogP contribution in [0.2, 0.25) is 0 Å². The summed E-state index contributed by atoms with van der Waals surface area (Å²) in [6.45, 7) is 3.20. The van der Waals surface area contributed by atoms with Crippen LogP contribution in [0.1, 0.15) is 88.1 Å². The lowest BCUT2D eigenvalue weighted by Crippen LogP contribution is -2.52. The Labute approximate surface area is 228 Å². The molecule has 0 radical (unpaired) electrons. The number of fused-ring (bicyclic) bond motifs is 3. The number of ketones is 2. The number of methoxy groups -OCH3 is 1. The van der Waals surface area contributed by atoms with Crippen molar-refractivity contribution in [1.82, 2.24) is 0 Å². The Morgan fingerprint density at radius 3 is 2.38 bits per heavy atom. The number of esters is 1. The number of phenols is 3. The Kier molecular flexibility index (Phi) is 6.87. The van der Waals surface area contributed by atoms with Gasteiger partial charge < -0.3 is 45.5 Å². The molecule has 2 aliphatic carbocycles. The topological polar surface area (TPSA) is 206 Å². The molecule has 40 heavy (non-hydrogen) atoms. The maximum Gasteiger partial charge on any atom is 0.316 e. The van der Waals surface area contributed by atoms with Crippen molar-refractivity contribution >= 4 is 17.5 Å². The van der Waals surface area contributed by atoms with E-state index in [2.05, 4.69) is 0 Å². The van der Waals surface area contributed by atoms with E-state index in [4.69, 9.17) is 19.9 Å². The summed E-state index contributed by atoms with van der Waals surface area (Å²) in [6.07, 6.45) is -4.24. The molecular formula is C28H31NO11. The van der Waals surface area contributed by atoms with Crippen molar-refractivity contribution in [2.45, 2.75) is 75.3 Å². The predicted octanol–water partition coefficient (Wildman–Crippen LogP) is 1.26. The zero-order valence-corrected chi connectivity index (χ0v) is 22.1. The van der Waals surface area contributed by atoms with Gasteiger partial charge in [0.15, 0.2) is 12.1 Å². The highest BCUT2D eigenvalue weighted by molar-refractivity contribution is 6.31. The van der Waals surface area contributed by atoms with Crippen molar-refractivity contribution in [3.8, 4) is 17.2 Å². The number of hydrogen-bond acceptors (Lipinski definition) is 12. The zero-order valence-electron chi connectivity index (χ0n) is 22.1. The molecule has 1 heterocycles. The van der Waals surface area contributed by atoms with Gasteiger partial charge in [0.1, 0.15) is 23.2 Å². The molecule has 7 atom stereocenters. The highest BCUT2D eigenvalue weighted by atomic mass is 16.7. The van der Waals surface area contributed by atoms with Crippen LogP contribution in [0.5, 0.6) is 17.2 Å². The summed E-state index contributed by atoms with van der Waals surface area (Å²) >= 11 is 0. The molecule has 0 saturated carbocycles. The summed E-state index contributed by atoms with van der Waals surface area (Å²) in [4.78, 5) is 40.2. The first-order chi connectivity index (χ1) is 18.9. The standard InChI is InChI=1S/C28H31NO11/c1-4-28(37)9-14(40-15-8-12(29)22(31)10(2)39-15)17-18(21(28)27(36)38-3)26(35)19-20(25(17)34)24(33)16-11(23(19)32)6-5-7-13(16)30/h5-7,10,12,14-15,21-22,30-31,34-35,37H,4,8-9,29H2,1-3H3/t10-,12-,14?,15-,21-,22+,28+/m0/s1. The second-order valence-corrected chi connectivity index (χ2v) is 10.5. The molecule has 2 aromatic rings. The van der Waals surface area contributed by atoms with Crippen LogP contribution in [-0.2, 0) is 19.0 Å². The number of aliphatic hydroxyl groups excluding tert-OH is 1. The van der Waals surface area contributed by atoms with Gasteiger partial charge in [-0.05, 0) is 19.4 Å². The molecule has 3 aliphatic rings. The van der Waals surface area contributed by atoms with Gasteiger partial charge in [0.25, 0.3) is 0 Å². The Balaban J connectivity index is 1.76. The second kappa shape index (κ2) is 9.82. The number of ether oxygens (including phenoxy) is 3. The molecule has 12 nitrogen and oxygen atoms in total. The van der Waals surface area contributed by atoms with Crippen LogP contribution in [-0.4, -0.2) is 80.3 Å². The van der Waals surface area contributed by atoms with E-state index in [1.807, 2.05) is 0 Å². The van der Waals surface area contributed by atoms with Gasteiger partial charge in [-0.1, -0.05) is 19.1 Å². The molecule has 1 saturated heterocycles. The third-order valence-corrected chi connectivity index (χ3v) is 8.29. The first kappa shape index (κ1) is 28.0. The monoisotopic (exact) mass is 557 g/mol. The second-order valence-electron chi connectivity index (χ2n) is 10.5. The maximum atomic E-state index is 13.6. The number of aliphatic hydroxyl groups is 2. The summed E-state index contributed by atoms with van der Waals surface area (Å²) in [6, 6.07) is 3.14. The lowest BCUT2D eigenvalue weighted by atomic mass is 9.66. The molecule has 0 amide bonds. The SMILES string of the molecule is CC[C@@]1(O)CC(O[C@H]2C[C@H](N)[C@H](O)[C@H](C)O2)c2c(O)c3c(c(O)c2[C@H]1C(=O)OC)C(=O)c1cccc(O)c1C3=O. The summed E-state index contributed by atoms with van der Waals surface area (Å²) in [5.41, 5.74) is 1.96. The Morgan fingerprint density at radius 2 is 1.75 bits per heavy atom. The Hall–Kier alpha value is -3.55. The van der Waals surface area contributed by atoms with Gasteiger partial charge in [-0.25, -0.2) is 0 Å².